The van der Waals surface area contributed by atoms with Crippen molar-refractivity contribution in [1.82, 2.24) is 31.0 Å². The SMILES string of the molecule is CC(NC(=O)N(C)Cc1coc(C(C)C)n1)C(=O)N[C@@H](Cc1ccccc1)C[C@H](O)[C@H](Cc1ccccc1)NC(=O)OCc1ccno1. The van der Waals surface area contributed by atoms with Crippen LogP contribution in [0.3, 0.4) is 0 Å². The summed E-state index contributed by atoms with van der Waals surface area (Å²) in [5, 5.41) is 23.6. The lowest BCUT2D eigenvalue weighted by Crippen LogP contribution is -2.53. The minimum atomic E-state index is -1.08. The van der Waals surface area contributed by atoms with Crippen LogP contribution in [0.4, 0.5) is 9.59 Å². The number of oxazole rings is 1. The van der Waals surface area contributed by atoms with Crippen LogP contribution >= 0.6 is 0 Å². The standard InChI is InChI=1S/C35H44N6O7/c1-23(2)33-39-28(21-46-33)20-41(4)34(44)37-24(3)32(43)38-27(17-25-11-7-5-8-12-25)19-31(42)30(18-26-13-9-6-10-14-26)40-35(45)47-22-29-15-16-36-48-29/h5-16,21,23-24,27,30-31,42H,17-20,22H2,1-4H3,(H,37,44)(H,38,43)(H,40,45)/t24?,27-,30-,31-/m0/s1. The van der Waals surface area contributed by atoms with Gasteiger partial charge in [0, 0.05) is 25.1 Å². The predicted octanol–water partition coefficient (Wildman–Crippen LogP) is 4.33. The van der Waals surface area contributed by atoms with E-state index in [1.165, 1.54) is 17.4 Å². The van der Waals surface area contributed by atoms with E-state index in [0.29, 0.717) is 30.2 Å². The molecule has 2 aromatic heterocycles. The highest BCUT2D eigenvalue weighted by molar-refractivity contribution is 5.86. The second-order valence-electron chi connectivity index (χ2n) is 12.1. The fraction of sp³-hybridized carbons (Fsp3) is 0.400. The van der Waals surface area contributed by atoms with Gasteiger partial charge in [0.2, 0.25) is 5.91 Å². The molecule has 0 saturated heterocycles. The van der Waals surface area contributed by atoms with Crippen LogP contribution < -0.4 is 16.0 Å². The number of ether oxygens (including phenoxy) is 1. The molecule has 0 aliphatic carbocycles. The summed E-state index contributed by atoms with van der Waals surface area (Å²) in [7, 11) is 1.61. The van der Waals surface area contributed by atoms with E-state index < -0.39 is 42.3 Å². The molecule has 0 spiro atoms. The molecule has 0 aliphatic rings. The molecular formula is C35H44N6O7. The number of aliphatic hydroxyl groups excluding tert-OH is 1. The Morgan fingerprint density at radius 2 is 1.58 bits per heavy atom. The van der Waals surface area contributed by atoms with Crippen molar-refractivity contribution in [2.75, 3.05) is 7.05 Å². The summed E-state index contributed by atoms with van der Waals surface area (Å²) < 4.78 is 15.7. The largest absolute Gasteiger partial charge is 0.448 e. The van der Waals surface area contributed by atoms with Gasteiger partial charge in [0.05, 0.1) is 30.6 Å². The van der Waals surface area contributed by atoms with Crippen LogP contribution in [-0.4, -0.2) is 69.5 Å². The number of aromatic nitrogens is 2. The summed E-state index contributed by atoms with van der Waals surface area (Å²) in [6.45, 7) is 5.60. The van der Waals surface area contributed by atoms with E-state index in [1.54, 1.807) is 20.0 Å². The van der Waals surface area contributed by atoms with E-state index in [2.05, 4.69) is 26.1 Å². The lowest BCUT2D eigenvalue weighted by molar-refractivity contribution is -0.123. The number of nitrogens with one attached hydrogen (secondary N) is 3. The van der Waals surface area contributed by atoms with Gasteiger partial charge in [-0.15, -0.1) is 0 Å². The Bertz CT molecular complexity index is 1560. The minimum Gasteiger partial charge on any atom is -0.448 e. The van der Waals surface area contributed by atoms with Crippen molar-refractivity contribution in [3.8, 4) is 0 Å². The number of carbonyl (C=O) groups excluding carboxylic acids is 3. The molecule has 0 bridgehead atoms. The zero-order chi connectivity index (χ0) is 34.5. The maximum atomic E-state index is 13.4. The number of alkyl carbamates (subject to hydrolysis) is 1. The maximum absolute atomic E-state index is 13.4. The van der Waals surface area contributed by atoms with E-state index in [-0.39, 0.29) is 25.5 Å². The molecule has 4 amide bonds. The number of aliphatic hydroxyl groups is 1. The van der Waals surface area contributed by atoms with Crippen molar-refractivity contribution >= 4 is 18.0 Å². The first-order valence-electron chi connectivity index (χ1n) is 15.9. The van der Waals surface area contributed by atoms with Gasteiger partial charge in [-0.1, -0.05) is 79.7 Å². The van der Waals surface area contributed by atoms with Gasteiger partial charge in [-0.2, -0.15) is 0 Å². The van der Waals surface area contributed by atoms with E-state index in [4.69, 9.17) is 13.7 Å². The Kier molecular flexibility index (Phi) is 13.1. The summed E-state index contributed by atoms with van der Waals surface area (Å²) >= 11 is 0. The number of hydrogen-bond acceptors (Lipinski definition) is 9. The summed E-state index contributed by atoms with van der Waals surface area (Å²) in [6.07, 6.45) is 1.98. The van der Waals surface area contributed by atoms with Crippen LogP contribution in [0.2, 0.25) is 0 Å². The third kappa shape index (κ3) is 11.3. The molecule has 256 valence electrons. The normalized spacial score (nSPS) is 13.6. The fourth-order valence-corrected chi connectivity index (χ4v) is 5.01. The average Bonchev–Trinajstić information content (AvgIpc) is 3.77. The van der Waals surface area contributed by atoms with Crippen LogP contribution in [0, 0.1) is 0 Å². The Hall–Kier alpha value is -5.17. The summed E-state index contributed by atoms with van der Waals surface area (Å²) in [5.74, 6) is 0.657. The molecule has 13 heteroatoms. The van der Waals surface area contributed by atoms with Crippen molar-refractivity contribution in [3.63, 3.8) is 0 Å². The molecule has 0 saturated carbocycles. The highest BCUT2D eigenvalue weighted by Gasteiger charge is 2.28. The zero-order valence-electron chi connectivity index (χ0n) is 27.7. The van der Waals surface area contributed by atoms with Crippen LogP contribution in [0.25, 0.3) is 0 Å². The van der Waals surface area contributed by atoms with E-state index in [0.717, 1.165) is 11.1 Å². The second kappa shape index (κ2) is 17.7. The molecule has 48 heavy (non-hydrogen) atoms. The van der Waals surface area contributed by atoms with E-state index in [1.807, 2.05) is 74.5 Å². The van der Waals surface area contributed by atoms with Gasteiger partial charge in [-0.25, -0.2) is 14.6 Å². The second-order valence-corrected chi connectivity index (χ2v) is 12.1. The highest BCUT2D eigenvalue weighted by atomic mass is 16.6. The Balaban J connectivity index is 1.41. The topological polar surface area (TPSA) is 172 Å². The van der Waals surface area contributed by atoms with Crippen molar-refractivity contribution in [2.24, 2.45) is 0 Å². The molecule has 4 N–H and O–H groups in total. The molecule has 4 atom stereocenters. The number of urea groups is 1. The van der Waals surface area contributed by atoms with E-state index >= 15 is 0 Å². The van der Waals surface area contributed by atoms with Crippen LogP contribution in [0.5, 0.6) is 0 Å². The Labute approximate surface area is 280 Å². The first-order valence-corrected chi connectivity index (χ1v) is 15.9. The molecule has 4 aromatic rings. The number of rotatable bonds is 16. The van der Waals surface area contributed by atoms with Gasteiger partial charge in [0.1, 0.15) is 12.3 Å². The molecule has 0 aliphatic heterocycles. The first-order chi connectivity index (χ1) is 23.1. The van der Waals surface area contributed by atoms with Crippen molar-refractivity contribution in [2.45, 2.75) is 83.3 Å². The smallest absolute Gasteiger partial charge is 0.407 e. The number of hydrogen-bond donors (Lipinski definition) is 4. The lowest BCUT2D eigenvalue weighted by Gasteiger charge is -2.29. The molecule has 1 unspecified atom stereocenters. The molecule has 0 fully saturated rings. The van der Waals surface area contributed by atoms with Gasteiger partial charge in [-0.3, -0.25) is 4.79 Å². The van der Waals surface area contributed by atoms with Gasteiger partial charge in [0.25, 0.3) is 0 Å². The van der Waals surface area contributed by atoms with Gasteiger partial charge >= 0.3 is 12.1 Å². The fourth-order valence-electron chi connectivity index (χ4n) is 5.01. The quantitative estimate of drug-likeness (QED) is 0.136. The van der Waals surface area contributed by atoms with Crippen molar-refractivity contribution in [1.29, 1.82) is 0 Å². The molecule has 0 radical (unpaired) electrons. The summed E-state index contributed by atoms with van der Waals surface area (Å²) in [5.41, 5.74) is 2.44. The number of nitrogens with zero attached hydrogens (tertiary/aromatic N) is 3. The molecule has 2 aromatic carbocycles. The van der Waals surface area contributed by atoms with Crippen LogP contribution in [-0.2, 0) is 35.5 Å². The van der Waals surface area contributed by atoms with Crippen LogP contribution in [0.15, 0.2) is 88.1 Å². The van der Waals surface area contributed by atoms with E-state index in [9.17, 15) is 19.5 Å². The third-order valence-electron chi connectivity index (χ3n) is 7.64. The molecule has 4 rings (SSSR count). The van der Waals surface area contributed by atoms with Crippen molar-refractivity contribution in [3.05, 3.63) is 108 Å². The van der Waals surface area contributed by atoms with Gasteiger partial charge in [0.15, 0.2) is 18.3 Å². The van der Waals surface area contributed by atoms with Gasteiger partial charge in [-0.05, 0) is 37.3 Å². The summed E-state index contributed by atoms with van der Waals surface area (Å²) in [4.78, 5) is 44.9. The monoisotopic (exact) mass is 660 g/mol. The Morgan fingerprint density at radius 1 is 0.917 bits per heavy atom. The highest BCUT2D eigenvalue weighted by Crippen LogP contribution is 2.16. The minimum absolute atomic E-state index is 0.103. The molecule has 2 heterocycles. The molecule has 13 nitrogen and oxygen atoms in total. The summed E-state index contributed by atoms with van der Waals surface area (Å²) in [6, 6.07) is 17.9. The van der Waals surface area contributed by atoms with Gasteiger partial charge < -0.3 is 39.6 Å². The maximum Gasteiger partial charge on any atom is 0.407 e. The average molecular weight is 661 g/mol. The zero-order valence-corrected chi connectivity index (χ0v) is 27.7. The number of carbonyl (C=O) groups is 3. The Morgan fingerprint density at radius 3 is 2.19 bits per heavy atom. The lowest BCUT2D eigenvalue weighted by atomic mass is 9.93. The third-order valence-corrected chi connectivity index (χ3v) is 7.64. The number of amides is 4. The van der Waals surface area contributed by atoms with Crippen molar-refractivity contribution < 1.29 is 33.2 Å². The number of benzene rings is 2. The molecular weight excluding hydrogens is 616 g/mol. The van der Waals surface area contributed by atoms with Crippen LogP contribution in [0.1, 0.15) is 61.6 Å². The predicted molar refractivity (Wildman–Crippen MR) is 177 cm³/mol. The first kappa shape index (κ1) is 35.7.